The maximum Gasteiger partial charge on any atom is 0.0858 e. The molecular formula is C17H36OSi. The van der Waals surface area contributed by atoms with Gasteiger partial charge in [-0.15, -0.1) is 0 Å². The fraction of sp³-hybridized carbons (Fsp3) is 1.00. The fourth-order valence-corrected chi connectivity index (χ4v) is 5.87. The molecule has 1 rings (SSSR count). The molecule has 0 amide bonds. The van der Waals surface area contributed by atoms with Gasteiger partial charge in [0.2, 0.25) is 0 Å². The molecule has 0 unspecified atom stereocenters. The Balaban J connectivity index is 2.34. The summed E-state index contributed by atoms with van der Waals surface area (Å²) < 4.78 is 6.29. The van der Waals surface area contributed by atoms with Gasteiger partial charge >= 0.3 is 0 Å². The fourth-order valence-electron chi connectivity index (χ4n) is 3.34. The number of unbranched alkanes of at least 4 members (excludes halogenated alkanes) is 6. The van der Waals surface area contributed by atoms with Crippen LogP contribution in [0, 0.1) is 0 Å². The lowest BCUT2D eigenvalue weighted by molar-refractivity contribution is 0.321. The Morgan fingerprint density at radius 1 is 0.842 bits per heavy atom. The summed E-state index contributed by atoms with van der Waals surface area (Å²) in [5, 5.41) is 0.340. The summed E-state index contributed by atoms with van der Waals surface area (Å²) in [7, 11) is -1.19. The zero-order chi connectivity index (χ0) is 14.4. The highest BCUT2D eigenvalue weighted by molar-refractivity contribution is 6.79. The van der Waals surface area contributed by atoms with Gasteiger partial charge in [0.25, 0.3) is 0 Å². The zero-order valence-corrected chi connectivity index (χ0v) is 15.1. The highest BCUT2D eigenvalue weighted by atomic mass is 28.3. The van der Waals surface area contributed by atoms with Crippen LogP contribution in [0.5, 0.6) is 0 Å². The predicted molar refractivity (Wildman–Crippen MR) is 88.5 cm³/mol. The van der Waals surface area contributed by atoms with Crippen molar-refractivity contribution in [3.63, 3.8) is 0 Å². The van der Waals surface area contributed by atoms with Gasteiger partial charge in [-0.2, -0.15) is 0 Å². The quantitative estimate of drug-likeness (QED) is 0.260. The lowest BCUT2D eigenvalue weighted by Gasteiger charge is -2.26. The predicted octanol–water partition coefficient (Wildman–Crippen LogP) is 5.94. The second kappa shape index (κ2) is 7.83. The summed E-state index contributed by atoms with van der Waals surface area (Å²) in [5.74, 6) is 0. The molecule has 1 aliphatic heterocycles. The Morgan fingerprint density at radius 3 is 1.95 bits per heavy atom. The van der Waals surface area contributed by atoms with Crippen molar-refractivity contribution in [3.05, 3.63) is 0 Å². The maximum absolute atomic E-state index is 6.29. The van der Waals surface area contributed by atoms with Crippen LogP contribution in [0.2, 0.25) is 19.6 Å². The van der Waals surface area contributed by atoms with Crippen LogP contribution in [0.15, 0.2) is 0 Å². The van der Waals surface area contributed by atoms with E-state index in [1.54, 1.807) is 0 Å². The number of epoxide rings is 1. The summed E-state index contributed by atoms with van der Waals surface area (Å²) >= 11 is 0. The number of rotatable bonds is 11. The molecule has 19 heavy (non-hydrogen) atoms. The zero-order valence-electron chi connectivity index (χ0n) is 14.1. The summed E-state index contributed by atoms with van der Waals surface area (Å²) in [4.78, 5) is 0. The van der Waals surface area contributed by atoms with E-state index < -0.39 is 8.07 Å². The average molecular weight is 285 g/mol. The molecule has 0 aromatic rings. The molecule has 0 aromatic carbocycles. The minimum atomic E-state index is -1.19. The standard InChI is InChI=1S/C17H36OSi/c1-6-8-10-12-14-16-17(18-16,19(3,4)5)15-13-11-9-7-2/h16H,6-15H2,1-5H3/t16-,17-/m0/s1. The van der Waals surface area contributed by atoms with Crippen LogP contribution in [0.1, 0.15) is 78.1 Å². The van der Waals surface area contributed by atoms with Crippen molar-refractivity contribution in [2.24, 2.45) is 0 Å². The first-order chi connectivity index (χ1) is 8.98. The largest absolute Gasteiger partial charge is 0.370 e. The molecule has 0 aliphatic carbocycles. The number of ether oxygens (including phenoxy) is 1. The third kappa shape index (κ3) is 4.89. The van der Waals surface area contributed by atoms with E-state index in [0.717, 1.165) is 0 Å². The summed E-state index contributed by atoms with van der Waals surface area (Å²) in [6, 6.07) is 0. The highest BCUT2D eigenvalue weighted by Crippen LogP contribution is 2.50. The molecular weight excluding hydrogens is 248 g/mol. The van der Waals surface area contributed by atoms with Crippen LogP contribution in [0.25, 0.3) is 0 Å². The van der Waals surface area contributed by atoms with Crippen molar-refractivity contribution >= 4 is 8.07 Å². The number of hydrogen-bond donors (Lipinski definition) is 0. The minimum Gasteiger partial charge on any atom is -0.370 e. The van der Waals surface area contributed by atoms with Crippen LogP contribution in [-0.4, -0.2) is 19.4 Å². The van der Waals surface area contributed by atoms with Crippen molar-refractivity contribution in [2.75, 3.05) is 0 Å². The van der Waals surface area contributed by atoms with Crippen LogP contribution in [0.4, 0.5) is 0 Å². The van der Waals surface area contributed by atoms with E-state index in [1.165, 1.54) is 64.2 Å². The van der Waals surface area contributed by atoms with Crippen LogP contribution >= 0.6 is 0 Å². The van der Waals surface area contributed by atoms with Gasteiger partial charge in [0.15, 0.2) is 0 Å². The van der Waals surface area contributed by atoms with E-state index in [9.17, 15) is 0 Å². The Labute approximate surface area is 122 Å². The van der Waals surface area contributed by atoms with Gasteiger partial charge in [-0.1, -0.05) is 84.9 Å². The average Bonchev–Trinajstić information content (AvgIpc) is 3.05. The van der Waals surface area contributed by atoms with E-state index in [1.807, 2.05) is 0 Å². The van der Waals surface area contributed by atoms with Crippen LogP contribution in [0.3, 0.4) is 0 Å². The van der Waals surface area contributed by atoms with Gasteiger partial charge in [0.05, 0.1) is 19.4 Å². The lowest BCUT2D eigenvalue weighted by Crippen LogP contribution is -2.43. The van der Waals surface area contributed by atoms with Gasteiger partial charge in [-0.25, -0.2) is 0 Å². The molecule has 114 valence electrons. The van der Waals surface area contributed by atoms with E-state index >= 15 is 0 Å². The van der Waals surface area contributed by atoms with Crippen molar-refractivity contribution in [1.82, 2.24) is 0 Å². The molecule has 0 bridgehead atoms. The molecule has 1 aliphatic rings. The van der Waals surface area contributed by atoms with Gasteiger partial charge in [0.1, 0.15) is 0 Å². The van der Waals surface area contributed by atoms with E-state index in [2.05, 4.69) is 33.5 Å². The molecule has 0 saturated carbocycles. The van der Waals surface area contributed by atoms with E-state index in [4.69, 9.17) is 4.74 Å². The maximum atomic E-state index is 6.29. The van der Waals surface area contributed by atoms with Gasteiger partial charge in [-0.3, -0.25) is 0 Å². The summed E-state index contributed by atoms with van der Waals surface area (Å²) in [6.07, 6.45) is 14.3. The Kier molecular flexibility index (Phi) is 7.10. The molecule has 0 radical (unpaired) electrons. The van der Waals surface area contributed by atoms with Crippen molar-refractivity contribution < 1.29 is 4.74 Å². The molecule has 2 heteroatoms. The third-order valence-corrected chi connectivity index (χ3v) is 8.04. The van der Waals surface area contributed by atoms with Crippen LogP contribution in [-0.2, 0) is 4.74 Å². The van der Waals surface area contributed by atoms with Gasteiger partial charge < -0.3 is 4.74 Å². The topological polar surface area (TPSA) is 12.5 Å². The Bertz CT molecular complexity index is 246. The van der Waals surface area contributed by atoms with Crippen molar-refractivity contribution in [2.45, 2.75) is 109 Å². The lowest BCUT2D eigenvalue weighted by atomic mass is 10.0. The Hall–Kier alpha value is 0.177. The van der Waals surface area contributed by atoms with Crippen molar-refractivity contribution in [1.29, 1.82) is 0 Å². The second-order valence-corrected chi connectivity index (χ2v) is 12.8. The molecule has 1 nitrogen and oxygen atoms in total. The first-order valence-corrected chi connectivity index (χ1v) is 12.2. The molecule has 0 N–H and O–H groups in total. The van der Waals surface area contributed by atoms with Crippen molar-refractivity contribution in [3.8, 4) is 0 Å². The van der Waals surface area contributed by atoms with Gasteiger partial charge in [0, 0.05) is 0 Å². The molecule has 2 atom stereocenters. The summed E-state index contributed by atoms with van der Waals surface area (Å²) in [5.41, 5.74) is 0. The Morgan fingerprint density at radius 2 is 1.42 bits per heavy atom. The number of hydrogen-bond acceptors (Lipinski definition) is 1. The smallest absolute Gasteiger partial charge is 0.0858 e. The second-order valence-electron chi connectivity index (χ2n) is 7.41. The monoisotopic (exact) mass is 284 g/mol. The normalized spacial score (nSPS) is 26.7. The summed E-state index contributed by atoms with van der Waals surface area (Å²) in [6.45, 7) is 12.1. The molecule has 1 saturated heterocycles. The van der Waals surface area contributed by atoms with Crippen LogP contribution < -0.4 is 0 Å². The molecule has 1 fully saturated rings. The highest BCUT2D eigenvalue weighted by Gasteiger charge is 2.62. The third-order valence-electron chi connectivity index (χ3n) is 4.81. The first kappa shape index (κ1) is 17.2. The molecule has 0 spiro atoms. The van der Waals surface area contributed by atoms with E-state index in [-0.39, 0.29) is 0 Å². The molecule has 1 heterocycles. The molecule has 0 aromatic heterocycles. The first-order valence-electron chi connectivity index (χ1n) is 8.65. The van der Waals surface area contributed by atoms with Gasteiger partial charge in [-0.05, 0) is 12.8 Å². The minimum absolute atomic E-state index is 0.340. The van der Waals surface area contributed by atoms with E-state index in [0.29, 0.717) is 11.3 Å². The SMILES string of the molecule is CCCCCC[C@@H]1O[C@@]1(CCCCCC)[Si](C)(C)C.